The first-order valence-corrected chi connectivity index (χ1v) is 10.3. The average Bonchev–Trinajstić information content (AvgIpc) is 3.38. The van der Waals surface area contributed by atoms with Crippen molar-refractivity contribution in [1.29, 1.82) is 0 Å². The van der Waals surface area contributed by atoms with Gasteiger partial charge in [-0.1, -0.05) is 29.5 Å². The van der Waals surface area contributed by atoms with Gasteiger partial charge in [-0.15, -0.1) is 0 Å². The zero-order chi connectivity index (χ0) is 18.9. The number of ether oxygens (including phenoxy) is 2. The summed E-state index contributed by atoms with van der Waals surface area (Å²) in [6, 6.07) is 14.0. The van der Waals surface area contributed by atoms with Gasteiger partial charge in [0.25, 0.3) is 0 Å². The van der Waals surface area contributed by atoms with E-state index in [1.54, 1.807) is 11.3 Å². The molecule has 1 aromatic heterocycles. The molecule has 3 heterocycles. The van der Waals surface area contributed by atoms with Gasteiger partial charge >= 0.3 is 0 Å². The number of hydrogen-bond acceptors (Lipinski definition) is 6. The van der Waals surface area contributed by atoms with Crippen molar-refractivity contribution < 1.29 is 14.3 Å². The quantitative estimate of drug-likeness (QED) is 0.732. The summed E-state index contributed by atoms with van der Waals surface area (Å²) in [6.07, 6.45) is 1.70. The molecular formula is C21H21N3O3S. The Morgan fingerprint density at radius 2 is 1.96 bits per heavy atom. The normalized spacial score (nSPS) is 16.5. The van der Waals surface area contributed by atoms with E-state index in [4.69, 9.17) is 14.5 Å². The molecule has 1 N–H and O–H groups in total. The van der Waals surface area contributed by atoms with Crippen LogP contribution in [0.2, 0.25) is 0 Å². The van der Waals surface area contributed by atoms with Crippen LogP contribution in [0.15, 0.2) is 42.5 Å². The number of rotatable bonds is 4. The van der Waals surface area contributed by atoms with Crippen LogP contribution in [-0.2, 0) is 11.3 Å². The van der Waals surface area contributed by atoms with E-state index in [2.05, 4.69) is 16.3 Å². The maximum absolute atomic E-state index is 12.6. The molecule has 0 atom stereocenters. The third-order valence-corrected chi connectivity index (χ3v) is 6.42. The number of carbonyl (C=O) groups is 1. The Kier molecular flexibility index (Phi) is 4.52. The number of nitrogens with zero attached hydrogens (tertiary/aromatic N) is 2. The monoisotopic (exact) mass is 395 g/mol. The lowest BCUT2D eigenvalue weighted by molar-refractivity contribution is -0.125. The van der Waals surface area contributed by atoms with E-state index in [-0.39, 0.29) is 18.6 Å². The number of amides is 1. The molecule has 0 unspecified atom stereocenters. The maximum atomic E-state index is 12.6. The van der Waals surface area contributed by atoms with Crippen LogP contribution in [0.1, 0.15) is 18.4 Å². The number of anilines is 1. The minimum atomic E-state index is 0.0552. The molecule has 5 rings (SSSR count). The highest BCUT2D eigenvalue weighted by atomic mass is 32.1. The van der Waals surface area contributed by atoms with E-state index in [1.165, 1.54) is 4.70 Å². The van der Waals surface area contributed by atoms with Crippen molar-refractivity contribution in [3.05, 3.63) is 48.0 Å². The molecule has 0 bridgehead atoms. The van der Waals surface area contributed by atoms with E-state index < -0.39 is 0 Å². The molecule has 28 heavy (non-hydrogen) atoms. The van der Waals surface area contributed by atoms with Gasteiger partial charge in [-0.2, -0.15) is 0 Å². The zero-order valence-corrected chi connectivity index (χ0v) is 16.2. The highest BCUT2D eigenvalue weighted by Gasteiger charge is 2.26. The Bertz CT molecular complexity index is 978. The van der Waals surface area contributed by atoms with Crippen molar-refractivity contribution in [2.45, 2.75) is 19.4 Å². The predicted octanol–water partition coefficient (Wildman–Crippen LogP) is 3.56. The lowest BCUT2D eigenvalue weighted by atomic mass is 9.96. The smallest absolute Gasteiger partial charge is 0.231 e. The topological polar surface area (TPSA) is 63.7 Å². The molecule has 7 heteroatoms. The molecule has 1 amide bonds. The number of hydrogen-bond donors (Lipinski definition) is 1. The highest BCUT2D eigenvalue weighted by Crippen LogP contribution is 2.33. The summed E-state index contributed by atoms with van der Waals surface area (Å²) in [4.78, 5) is 19.6. The SMILES string of the molecule is O=C(NCc1ccc2c(c1)OCO2)C1CCN(c2nc3ccccc3s2)CC1. The first-order chi connectivity index (χ1) is 13.8. The molecule has 6 nitrogen and oxygen atoms in total. The van der Waals surface area contributed by atoms with Crippen molar-refractivity contribution in [3.8, 4) is 11.5 Å². The number of carbonyl (C=O) groups excluding carboxylic acids is 1. The first-order valence-electron chi connectivity index (χ1n) is 9.53. The fourth-order valence-corrected chi connectivity index (χ4v) is 4.73. The van der Waals surface area contributed by atoms with Crippen LogP contribution in [0.3, 0.4) is 0 Å². The molecule has 0 aliphatic carbocycles. The van der Waals surface area contributed by atoms with Crippen LogP contribution in [-0.4, -0.2) is 30.8 Å². The minimum Gasteiger partial charge on any atom is -0.454 e. The number of benzene rings is 2. The zero-order valence-electron chi connectivity index (χ0n) is 15.4. The predicted molar refractivity (Wildman–Crippen MR) is 109 cm³/mol. The Balaban J connectivity index is 1.15. The second kappa shape index (κ2) is 7.31. The molecule has 1 saturated heterocycles. The van der Waals surface area contributed by atoms with Crippen molar-refractivity contribution in [3.63, 3.8) is 0 Å². The number of fused-ring (bicyclic) bond motifs is 2. The lowest BCUT2D eigenvalue weighted by Crippen LogP contribution is -2.40. The van der Waals surface area contributed by atoms with E-state index in [0.717, 1.165) is 53.6 Å². The Labute approximate surface area is 167 Å². The van der Waals surface area contributed by atoms with Crippen LogP contribution in [0.5, 0.6) is 11.5 Å². The third kappa shape index (κ3) is 3.38. The van der Waals surface area contributed by atoms with Crippen LogP contribution < -0.4 is 19.7 Å². The molecular weight excluding hydrogens is 374 g/mol. The molecule has 0 saturated carbocycles. The van der Waals surface area contributed by atoms with Crippen molar-refractivity contribution in [2.24, 2.45) is 5.92 Å². The number of aromatic nitrogens is 1. The van der Waals surface area contributed by atoms with Gasteiger partial charge in [0.15, 0.2) is 16.6 Å². The Morgan fingerprint density at radius 3 is 2.82 bits per heavy atom. The maximum Gasteiger partial charge on any atom is 0.231 e. The largest absolute Gasteiger partial charge is 0.454 e. The second-order valence-corrected chi connectivity index (χ2v) is 8.14. The summed E-state index contributed by atoms with van der Waals surface area (Å²) in [5.41, 5.74) is 2.07. The molecule has 0 spiro atoms. The first kappa shape index (κ1) is 17.3. The van der Waals surface area contributed by atoms with Gasteiger partial charge in [0.2, 0.25) is 12.7 Å². The molecule has 1 fully saturated rings. The van der Waals surface area contributed by atoms with Gasteiger partial charge in [0.1, 0.15) is 0 Å². The lowest BCUT2D eigenvalue weighted by Gasteiger charge is -2.31. The molecule has 144 valence electrons. The summed E-state index contributed by atoms with van der Waals surface area (Å²) in [5, 5.41) is 4.13. The van der Waals surface area contributed by atoms with E-state index in [1.807, 2.05) is 36.4 Å². The van der Waals surface area contributed by atoms with Crippen LogP contribution >= 0.6 is 11.3 Å². The van der Waals surface area contributed by atoms with Gasteiger partial charge in [0.05, 0.1) is 10.2 Å². The summed E-state index contributed by atoms with van der Waals surface area (Å²) in [6.45, 7) is 2.50. The fraction of sp³-hybridized carbons (Fsp3) is 0.333. The number of piperidine rings is 1. The second-order valence-electron chi connectivity index (χ2n) is 7.13. The average molecular weight is 395 g/mol. The summed E-state index contributed by atoms with van der Waals surface area (Å²) >= 11 is 1.72. The van der Waals surface area contributed by atoms with Crippen molar-refractivity contribution >= 4 is 32.6 Å². The van der Waals surface area contributed by atoms with Crippen molar-refractivity contribution in [2.75, 3.05) is 24.8 Å². The van der Waals surface area contributed by atoms with Crippen molar-refractivity contribution in [1.82, 2.24) is 10.3 Å². The van der Waals surface area contributed by atoms with E-state index in [9.17, 15) is 4.79 Å². The number of thiazole rings is 1. The molecule has 2 aliphatic heterocycles. The minimum absolute atomic E-state index is 0.0552. The summed E-state index contributed by atoms with van der Waals surface area (Å²) in [7, 11) is 0. The van der Waals surface area contributed by atoms with Gasteiger partial charge in [-0.25, -0.2) is 4.98 Å². The number of nitrogens with one attached hydrogen (secondary N) is 1. The van der Waals surface area contributed by atoms with E-state index >= 15 is 0 Å². The van der Waals surface area contributed by atoms with Gasteiger partial charge in [-0.05, 0) is 42.7 Å². The Hall–Kier alpha value is -2.80. The van der Waals surface area contributed by atoms with E-state index in [0.29, 0.717) is 6.54 Å². The van der Waals surface area contributed by atoms with Crippen LogP contribution in [0.25, 0.3) is 10.2 Å². The molecule has 0 radical (unpaired) electrons. The summed E-state index contributed by atoms with van der Waals surface area (Å²) in [5.74, 6) is 1.69. The van der Waals surface area contributed by atoms with Gasteiger partial charge < -0.3 is 19.7 Å². The Morgan fingerprint density at radius 1 is 1.14 bits per heavy atom. The van der Waals surface area contributed by atoms with Crippen LogP contribution in [0, 0.1) is 5.92 Å². The van der Waals surface area contributed by atoms with Gasteiger partial charge in [-0.3, -0.25) is 4.79 Å². The fourth-order valence-electron chi connectivity index (χ4n) is 3.71. The molecule has 2 aromatic carbocycles. The standard InChI is InChI=1S/C21H21N3O3S/c25-20(22-12-14-5-6-17-18(11-14)27-13-26-17)15-7-9-24(10-8-15)21-23-16-3-1-2-4-19(16)28-21/h1-6,11,15H,7-10,12-13H2,(H,22,25). The molecule has 2 aliphatic rings. The summed E-state index contributed by atoms with van der Waals surface area (Å²) < 4.78 is 11.9. The third-order valence-electron chi connectivity index (χ3n) is 5.32. The van der Waals surface area contributed by atoms with Crippen LogP contribution in [0.4, 0.5) is 5.13 Å². The highest BCUT2D eigenvalue weighted by molar-refractivity contribution is 7.22. The van der Waals surface area contributed by atoms with Gasteiger partial charge in [0, 0.05) is 25.6 Å². The number of para-hydroxylation sites is 1. The molecule has 3 aromatic rings.